The summed E-state index contributed by atoms with van der Waals surface area (Å²) in [5.41, 5.74) is 2.90. The largest absolute Gasteiger partial charge is 0.208 e. The summed E-state index contributed by atoms with van der Waals surface area (Å²) < 4.78 is 0. The van der Waals surface area contributed by atoms with Crippen LogP contribution in [-0.4, -0.2) is 15.0 Å². The lowest BCUT2D eigenvalue weighted by molar-refractivity contribution is 1.08. The molecule has 54 heavy (non-hydrogen) atoms. The van der Waals surface area contributed by atoms with Crippen LogP contribution in [0.2, 0.25) is 0 Å². The molecule has 11 aromatic carbocycles. The van der Waals surface area contributed by atoms with Gasteiger partial charge in [-0.25, -0.2) is 15.0 Å². The summed E-state index contributed by atoms with van der Waals surface area (Å²) in [5.74, 6) is 1.96. The van der Waals surface area contributed by atoms with Crippen LogP contribution in [0.4, 0.5) is 0 Å². The van der Waals surface area contributed by atoms with Crippen LogP contribution in [0.3, 0.4) is 0 Å². The average Bonchev–Trinajstić information content (AvgIpc) is 3.24. The zero-order valence-electron chi connectivity index (χ0n) is 29.1. The first-order chi connectivity index (χ1) is 26.8. The van der Waals surface area contributed by atoms with E-state index in [1.807, 2.05) is 18.2 Å². The lowest BCUT2D eigenvalue weighted by atomic mass is 9.87. The minimum atomic E-state index is 0.649. The van der Waals surface area contributed by atoms with E-state index in [-0.39, 0.29) is 0 Å². The molecule has 1 aromatic heterocycles. The number of hydrogen-bond donors (Lipinski definition) is 0. The van der Waals surface area contributed by atoms with Gasteiger partial charge in [0, 0.05) is 22.1 Å². The Hall–Kier alpha value is -7.23. The summed E-state index contributed by atoms with van der Waals surface area (Å²) in [4.78, 5) is 15.8. The minimum Gasteiger partial charge on any atom is -0.208 e. The Morgan fingerprint density at radius 2 is 0.685 bits per heavy atom. The summed E-state index contributed by atoms with van der Waals surface area (Å²) in [6.45, 7) is 0. The molecule has 12 rings (SSSR count). The molecule has 0 aliphatic heterocycles. The molecular formula is C51H29N3. The zero-order valence-corrected chi connectivity index (χ0v) is 29.1. The van der Waals surface area contributed by atoms with E-state index in [0.717, 1.165) is 32.8 Å². The molecule has 0 saturated heterocycles. The molecule has 0 aliphatic rings. The summed E-state index contributed by atoms with van der Waals surface area (Å²) >= 11 is 0. The van der Waals surface area contributed by atoms with Crippen molar-refractivity contribution in [3.05, 3.63) is 176 Å². The third kappa shape index (κ3) is 4.21. The van der Waals surface area contributed by atoms with Gasteiger partial charge in [0.05, 0.1) is 0 Å². The molecule has 0 unspecified atom stereocenters. The quantitative estimate of drug-likeness (QED) is 0.174. The fourth-order valence-corrected chi connectivity index (χ4v) is 9.00. The molecule has 0 saturated carbocycles. The topological polar surface area (TPSA) is 38.7 Å². The van der Waals surface area contributed by atoms with Crippen LogP contribution in [-0.2, 0) is 0 Å². The summed E-state index contributed by atoms with van der Waals surface area (Å²) in [6, 6.07) is 63.4. The van der Waals surface area contributed by atoms with Crippen molar-refractivity contribution in [1.29, 1.82) is 0 Å². The van der Waals surface area contributed by atoms with Gasteiger partial charge in [-0.15, -0.1) is 0 Å². The Balaban J connectivity index is 1.23. The van der Waals surface area contributed by atoms with Crippen LogP contribution in [0.5, 0.6) is 0 Å². The number of hydrogen-bond acceptors (Lipinski definition) is 3. The number of fused-ring (bicyclic) bond motifs is 5. The molecule has 0 bridgehead atoms. The standard InChI is InChI=1S/C51H29N3/c1-2-11-35(12-3-1)49-52-50(54-51(53-49)42-21-9-13-31-23-22-30-10-4-5-17-38(30)44(31)42)37-28-36-27-26-34-15-7-19-40-39-18-6-14-32-24-25-33-16-8-20-41(47(33)45(32)39)43(29-37)48(36)46(34)40/h1-29H. The summed E-state index contributed by atoms with van der Waals surface area (Å²) in [5, 5.41) is 19.6. The van der Waals surface area contributed by atoms with Gasteiger partial charge in [0.2, 0.25) is 0 Å². The molecule has 248 valence electrons. The van der Waals surface area contributed by atoms with E-state index in [1.54, 1.807) is 0 Å². The van der Waals surface area contributed by atoms with Crippen LogP contribution in [0, 0.1) is 0 Å². The van der Waals surface area contributed by atoms with Crippen LogP contribution in [0.1, 0.15) is 0 Å². The molecule has 0 radical (unpaired) electrons. The lowest BCUT2D eigenvalue weighted by Gasteiger charge is -2.17. The van der Waals surface area contributed by atoms with Crippen LogP contribution in [0.25, 0.3) is 120 Å². The maximum Gasteiger partial charge on any atom is 0.164 e. The average molecular weight is 684 g/mol. The molecule has 0 spiro atoms. The van der Waals surface area contributed by atoms with E-state index in [9.17, 15) is 0 Å². The Bertz CT molecular complexity index is 3490. The van der Waals surface area contributed by atoms with Crippen molar-refractivity contribution in [1.82, 2.24) is 15.0 Å². The van der Waals surface area contributed by atoms with Gasteiger partial charge in [-0.05, 0) is 92.9 Å². The first kappa shape index (κ1) is 29.4. The van der Waals surface area contributed by atoms with Gasteiger partial charge in [0.25, 0.3) is 0 Å². The molecule has 0 amide bonds. The first-order valence-corrected chi connectivity index (χ1v) is 18.4. The minimum absolute atomic E-state index is 0.649. The fraction of sp³-hybridized carbons (Fsp3) is 0. The van der Waals surface area contributed by atoms with Gasteiger partial charge in [-0.3, -0.25) is 0 Å². The summed E-state index contributed by atoms with van der Waals surface area (Å²) in [7, 11) is 0. The van der Waals surface area contributed by atoms with Gasteiger partial charge in [0.1, 0.15) is 0 Å². The second kappa shape index (κ2) is 11.1. The molecule has 0 N–H and O–H groups in total. The second-order valence-electron chi connectivity index (χ2n) is 14.3. The first-order valence-electron chi connectivity index (χ1n) is 18.4. The van der Waals surface area contributed by atoms with Crippen molar-refractivity contribution in [3.8, 4) is 34.2 Å². The molecule has 3 heteroatoms. The highest BCUT2D eigenvalue weighted by atomic mass is 15.0. The van der Waals surface area contributed by atoms with E-state index in [1.165, 1.54) is 70.0 Å². The van der Waals surface area contributed by atoms with E-state index >= 15 is 0 Å². The molecule has 0 aliphatic carbocycles. The number of nitrogens with zero attached hydrogens (tertiary/aromatic N) is 3. The van der Waals surface area contributed by atoms with Crippen molar-refractivity contribution in [2.24, 2.45) is 0 Å². The fourth-order valence-electron chi connectivity index (χ4n) is 9.00. The predicted octanol–water partition coefficient (Wildman–Crippen LogP) is 13.5. The molecule has 0 atom stereocenters. The third-order valence-electron chi connectivity index (χ3n) is 11.4. The van der Waals surface area contributed by atoms with E-state index in [2.05, 4.69) is 158 Å². The number of benzene rings is 10. The lowest BCUT2D eigenvalue weighted by Crippen LogP contribution is -2.01. The van der Waals surface area contributed by atoms with Gasteiger partial charge in [-0.1, -0.05) is 164 Å². The Kier molecular flexibility index (Phi) is 6.05. The summed E-state index contributed by atoms with van der Waals surface area (Å²) in [6.07, 6.45) is 0. The normalized spacial score (nSPS) is 12.1. The molecule has 0 fully saturated rings. The van der Waals surface area contributed by atoms with Gasteiger partial charge < -0.3 is 0 Å². The highest BCUT2D eigenvalue weighted by Gasteiger charge is 2.19. The predicted molar refractivity (Wildman–Crippen MR) is 227 cm³/mol. The maximum absolute atomic E-state index is 5.36. The van der Waals surface area contributed by atoms with E-state index in [4.69, 9.17) is 15.0 Å². The molecule has 3 nitrogen and oxygen atoms in total. The monoisotopic (exact) mass is 683 g/mol. The van der Waals surface area contributed by atoms with Gasteiger partial charge >= 0.3 is 0 Å². The van der Waals surface area contributed by atoms with Crippen molar-refractivity contribution in [3.63, 3.8) is 0 Å². The highest BCUT2D eigenvalue weighted by molar-refractivity contribution is 6.37. The zero-order chi connectivity index (χ0) is 35.3. The van der Waals surface area contributed by atoms with Crippen LogP contribution < -0.4 is 0 Å². The van der Waals surface area contributed by atoms with Crippen molar-refractivity contribution < 1.29 is 0 Å². The number of rotatable bonds is 3. The molecule has 1 heterocycles. The highest BCUT2D eigenvalue weighted by Crippen LogP contribution is 2.44. The SMILES string of the molecule is c1ccc(-c2nc(-c3cc4ccc5cccc6c7cccc8ccc9cccc(c(c3)c4c56)c9c87)nc(-c3cccc4ccc5ccccc5c34)n2)cc1. The van der Waals surface area contributed by atoms with E-state index < -0.39 is 0 Å². The van der Waals surface area contributed by atoms with Gasteiger partial charge in [-0.2, -0.15) is 0 Å². The molecular weight excluding hydrogens is 655 g/mol. The smallest absolute Gasteiger partial charge is 0.164 e. The van der Waals surface area contributed by atoms with Crippen molar-refractivity contribution in [2.45, 2.75) is 0 Å². The van der Waals surface area contributed by atoms with Crippen molar-refractivity contribution >= 4 is 86.2 Å². The van der Waals surface area contributed by atoms with Crippen LogP contribution >= 0.6 is 0 Å². The van der Waals surface area contributed by atoms with E-state index in [0.29, 0.717) is 17.5 Å². The Labute approximate surface area is 310 Å². The third-order valence-corrected chi connectivity index (χ3v) is 11.4. The Morgan fingerprint density at radius 3 is 1.35 bits per heavy atom. The van der Waals surface area contributed by atoms with Crippen molar-refractivity contribution in [2.75, 3.05) is 0 Å². The Morgan fingerprint density at radius 1 is 0.241 bits per heavy atom. The second-order valence-corrected chi connectivity index (χ2v) is 14.3. The molecule has 12 aromatic rings. The van der Waals surface area contributed by atoms with Gasteiger partial charge in [0.15, 0.2) is 17.5 Å². The van der Waals surface area contributed by atoms with Crippen LogP contribution in [0.15, 0.2) is 176 Å². The number of aromatic nitrogens is 3. The maximum atomic E-state index is 5.36.